The summed E-state index contributed by atoms with van der Waals surface area (Å²) in [6, 6.07) is 14.0. The van der Waals surface area contributed by atoms with Crippen molar-refractivity contribution in [1.29, 1.82) is 0 Å². The van der Waals surface area contributed by atoms with Crippen LogP contribution in [0.4, 0.5) is 5.69 Å². The molecule has 120 valence electrons. The SMILES string of the molecule is CC(Oc1ccccc1)C(=O)NC(=S)Nc1cc(Cl)ccc1Cl. The van der Waals surface area contributed by atoms with Crippen molar-refractivity contribution in [3.8, 4) is 5.75 Å². The molecule has 4 nitrogen and oxygen atoms in total. The number of benzene rings is 2. The predicted molar refractivity (Wildman–Crippen MR) is 97.4 cm³/mol. The van der Waals surface area contributed by atoms with Gasteiger partial charge in [-0.3, -0.25) is 10.1 Å². The van der Waals surface area contributed by atoms with Gasteiger partial charge in [-0.1, -0.05) is 41.4 Å². The van der Waals surface area contributed by atoms with E-state index in [0.29, 0.717) is 21.5 Å². The highest BCUT2D eigenvalue weighted by Gasteiger charge is 2.16. The third kappa shape index (κ3) is 5.39. The van der Waals surface area contributed by atoms with Crippen LogP contribution in [0.15, 0.2) is 48.5 Å². The molecule has 1 amide bonds. The maximum Gasteiger partial charge on any atom is 0.266 e. The van der Waals surface area contributed by atoms with Crippen molar-refractivity contribution in [3.63, 3.8) is 0 Å². The number of anilines is 1. The number of para-hydroxylation sites is 1. The molecule has 2 rings (SSSR count). The van der Waals surface area contributed by atoms with Crippen molar-refractivity contribution in [2.24, 2.45) is 0 Å². The Morgan fingerprint density at radius 2 is 1.87 bits per heavy atom. The van der Waals surface area contributed by atoms with Gasteiger partial charge in [0.1, 0.15) is 5.75 Å². The lowest BCUT2D eigenvalue weighted by Crippen LogP contribution is -2.42. The molecule has 0 fully saturated rings. The van der Waals surface area contributed by atoms with E-state index >= 15 is 0 Å². The number of hydrogen-bond donors (Lipinski definition) is 2. The first-order valence-corrected chi connectivity index (χ1v) is 7.90. The van der Waals surface area contributed by atoms with Gasteiger partial charge in [-0.05, 0) is 49.5 Å². The monoisotopic (exact) mass is 368 g/mol. The first-order valence-electron chi connectivity index (χ1n) is 6.74. The average Bonchev–Trinajstić information content (AvgIpc) is 2.51. The number of carbonyl (C=O) groups excluding carboxylic acids is 1. The lowest BCUT2D eigenvalue weighted by Gasteiger charge is -2.16. The molecule has 1 atom stereocenters. The van der Waals surface area contributed by atoms with Crippen molar-refractivity contribution in [3.05, 3.63) is 58.6 Å². The first kappa shape index (κ1) is 17.5. The highest BCUT2D eigenvalue weighted by atomic mass is 35.5. The molecule has 23 heavy (non-hydrogen) atoms. The third-order valence-electron chi connectivity index (χ3n) is 2.84. The molecular formula is C16H14Cl2N2O2S. The van der Waals surface area contributed by atoms with Crippen molar-refractivity contribution in [2.45, 2.75) is 13.0 Å². The predicted octanol–water partition coefficient (Wildman–Crippen LogP) is 4.27. The van der Waals surface area contributed by atoms with E-state index in [0.717, 1.165) is 0 Å². The first-order chi connectivity index (χ1) is 11.0. The van der Waals surface area contributed by atoms with Crippen LogP contribution in [0.5, 0.6) is 5.75 Å². The topological polar surface area (TPSA) is 50.4 Å². The Labute approximate surface area is 149 Å². The third-order valence-corrected chi connectivity index (χ3v) is 3.61. The van der Waals surface area contributed by atoms with E-state index in [9.17, 15) is 4.79 Å². The van der Waals surface area contributed by atoms with Gasteiger partial charge < -0.3 is 10.1 Å². The molecule has 0 aromatic heterocycles. The summed E-state index contributed by atoms with van der Waals surface area (Å²) in [5, 5.41) is 6.44. The fourth-order valence-corrected chi connectivity index (χ4v) is 2.26. The lowest BCUT2D eigenvalue weighted by molar-refractivity contribution is -0.125. The minimum atomic E-state index is -0.702. The Morgan fingerprint density at radius 1 is 1.17 bits per heavy atom. The molecule has 2 aromatic rings. The van der Waals surface area contributed by atoms with Crippen molar-refractivity contribution >= 4 is 52.1 Å². The molecule has 0 saturated heterocycles. The number of nitrogens with one attached hydrogen (secondary N) is 2. The fraction of sp³-hybridized carbons (Fsp3) is 0.125. The Hall–Kier alpha value is -1.82. The van der Waals surface area contributed by atoms with E-state index in [1.165, 1.54) is 0 Å². The van der Waals surface area contributed by atoms with Crippen LogP contribution in [0.3, 0.4) is 0 Å². The molecule has 0 aliphatic heterocycles. The molecule has 7 heteroatoms. The van der Waals surface area contributed by atoms with Crippen LogP contribution in [-0.2, 0) is 4.79 Å². The number of amides is 1. The van der Waals surface area contributed by atoms with E-state index in [1.54, 1.807) is 37.3 Å². The Morgan fingerprint density at radius 3 is 2.57 bits per heavy atom. The molecule has 0 saturated carbocycles. The van der Waals surface area contributed by atoms with Gasteiger partial charge >= 0.3 is 0 Å². The highest BCUT2D eigenvalue weighted by Crippen LogP contribution is 2.25. The van der Waals surface area contributed by atoms with E-state index < -0.39 is 6.10 Å². The van der Waals surface area contributed by atoms with Crippen LogP contribution < -0.4 is 15.4 Å². The summed E-state index contributed by atoms with van der Waals surface area (Å²) in [4.78, 5) is 12.1. The molecule has 0 aliphatic carbocycles. The molecule has 0 spiro atoms. The van der Waals surface area contributed by atoms with Crippen LogP contribution >= 0.6 is 35.4 Å². The average molecular weight is 369 g/mol. The Kier molecular flexibility index (Phi) is 6.21. The second-order valence-electron chi connectivity index (χ2n) is 4.64. The van der Waals surface area contributed by atoms with Crippen molar-refractivity contribution < 1.29 is 9.53 Å². The summed E-state index contributed by atoms with van der Waals surface area (Å²) in [5.74, 6) is 0.233. The molecule has 2 N–H and O–H groups in total. The quantitative estimate of drug-likeness (QED) is 0.791. The maximum atomic E-state index is 12.1. The van der Waals surface area contributed by atoms with Crippen LogP contribution in [0, 0.1) is 0 Å². The van der Waals surface area contributed by atoms with Crippen molar-refractivity contribution in [1.82, 2.24) is 5.32 Å². The standard InChI is InChI=1S/C16H14Cl2N2O2S/c1-10(22-12-5-3-2-4-6-12)15(21)20-16(23)19-14-9-11(17)7-8-13(14)18/h2-10H,1H3,(H2,19,20,21,23). The van der Waals surface area contributed by atoms with Gasteiger partial charge in [0, 0.05) is 5.02 Å². The molecule has 0 heterocycles. The van der Waals surface area contributed by atoms with Gasteiger partial charge in [0.15, 0.2) is 11.2 Å². The van der Waals surface area contributed by atoms with Gasteiger partial charge in [-0.15, -0.1) is 0 Å². The number of hydrogen-bond acceptors (Lipinski definition) is 3. The van der Waals surface area contributed by atoms with E-state index in [-0.39, 0.29) is 11.0 Å². The number of carbonyl (C=O) groups is 1. The summed E-state index contributed by atoms with van der Waals surface area (Å²) in [6.45, 7) is 1.64. The molecule has 0 aliphatic rings. The van der Waals surface area contributed by atoms with E-state index in [2.05, 4.69) is 10.6 Å². The van der Waals surface area contributed by atoms with Gasteiger partial charge in [0.05, 0.1) is 10.7 Å². The maximum absolute atomic E-state index is 12.1. The molecule has 1 unspecified atom stereocenters. The second-order valence-corrected chi connectivity index (χ2v) is 5.89. The minimum Gasteiger partial charge on any atom is -0.481 e. The fourth-order valence-electron chi connectivity index (χ4n) is 1.72. The Balaban J connectivity index is 1.91. The normalized spacial score (nSPS) is 11.4. The van der Waals surface area contributed by atoms with Gasteiger partial charge in [-0.25, -0.2) is 0 Å². The summed E-state index contributed by atoms with van der Waals surface area (Å²) < 4.78 is 5.52. The molecular weight excluding hydrogens is 355 g/mol. The van der Waals surface area contributed by atoms with Crippen molar-refractivity contribution in [2.75, 3.05) is 5.32 Å². The summed E-state index contributed by atoms with van der Waals surface area (Å²) >= 11 is 17.0. The van der Waals surface area contributed by atoms with Crippen LogP contribution in [0.25, 0.3) is 0 Å². The number of halogens is 2. The summed E-state index contributed by atoms with van der Waals surface area (Å²) in [7, 11) is 0. The zero-order chi connectivity index (χ0) is 16.8. The lowest BCUT2D eigenvalue weighted by atomic mass is 10.3. The highest BCUT2D eigenvalue weighted by molar-refractivity contribution is 7.80. The second kappa shape index (κ2) is 8.15. The van der Waals surface area contributed by atoms with Crippen LogP contribution in [0.2, 0.25) is 10.0 Å². The van der Waals surface area contributed by atoms with Gasteiger partial charge in [-0.2, -0.15) is 0 Å². The number of thiocarbonyl (C=S) groups is 1. The minimum absolute atomic E-state index is 0.114. The number of rotatable bonds is 4. The van der Waals surface area contributed by atoms with Gasteiger partial charge in [0.25, 0.3) is 5.91 Å². The Bertz CT molecular complexity index is 710. The molecule has 2 aromatic carbocycles. The van der Waals surface area contributed by atoms with Crippen LogP contribution in [0.1, 0.15) is 6.92 Å². The van der Waals surface area contributed by atoms with Gasteiger partial charge in [0.2, 0.25) is 0 Å². The summed E-state index contributed by atoms with van der Waals surface area (Å²) in [5.41, 5.74) is 0.515. The smallest absolute Gasteiger partial charge is 0.266 e. The summed E-state index contributed by atoms with van der Waals surface area (Å²) in [6.07, 6.45) is -0.702. The molecule has 0 bridgehead atoms. The zero-order valence-corrected chi connectivity index (χ0v) is 14.5. The largest absolute Gasteiger partial charge is 0.481 e. The molecule has 0 radical (unpaired) electrons. The van der Waals surface area contributed by atoms with Crippen LogP contribution in [-0.4, -0.2) is 17.1 Å². The number of ether oxygens (including phenoxy) is 1. The van der Waals surface area contributed by atoms with E-state index in [1.807, 2.05) is 18.2 Å². The zero-order valence-electron chi connectivity index (χ0n) is 12.2. The van der Waals surface area contributed by atoms with E-state index in [4.69, 9.17) is 40.2 Å².